The molecular formula is C19H14F3N7O2. The van der Waals surface area contributed by atoms with Gasteiger partial charge in [-0.25, -0.2) is 25.4 Å². The highest BCUT2D eigenvalue weighted by molar-refractivity contribution is 5.93. The zero-order valence-corrected chi connectivity index (χ0v) is 15.8. The van der Waals surface area contributed by atoms with Gasteiger partial charge in [-0.15, -0.1) is 0 Å². The summed E-state index contributed by atoms with van der Waals surface area (Å²) in [5.41, 5.74) is 2.85. The van der Waals surface area contributed by atoms with Gasteiger partial charge >= 0.3 is 6.18 Å². The number of rotatable bonds is 4. The second-order valence-corrected chi connectivity index (χ2v) is 6.45. The Morgan fingerprint density at radius 3 is 2.52 bits per heavy atom. The van der Waals surface area contributed by atoms with E-state index in [0.29, 0.717) is 22.8 Å². The van der Waals surface area contributed by atoms with Crippen LogP contribution in [0.4, 0.5) is 24.8 Å². The standard InChI is InChI=1S/C19H14F3N7O2/c1-10-16(29-9-24-14(19(20,21)22)8-15(29)25-10)13-6-7-23-18(27-13)26-12-4-2-11(3-5-12)17(30)28-31/h2-9,31H,1H3,(H,28,30)(H,23,26,27). The lowest BCUT2D eigenvalue weighted by molar-refractivity contribution is -0.141. The smallest absolute Gasteiger partial charge is 0.324 e. The predicted octanol–water partition coefficient (Wildman–Crippen LogP) is 3.38. The van der Waals surface area contributed by atoms with E-state index in [1.807, 2.05) is 0 Å². The third-order valence-corrected chi connectivity index (χ3v) is 4.38. The highest BCUT2D eigenvalue weighted by Crippen LogP contribution is 2.30. The molecule has 0 bridgehead atoms. The fourth-order valence-electron chi connectivity index (χ4n) is 2.98. The molecule has 0 unspecified atom stereocenters. The molecule has 0 saturated heterocycles. The summed E-state index contributed by atoms with van der Waals surface area (Å²) in [5.74, 6) is -0.416. The molecule has 0 fully saturated rings. The Morgan fingerprint density at radius 2 is 1.84 bits per heavy atom. The molecule has 158 valence electrons. The quantitative estimate of drug-likeness (QED) is 0.336. The monoisotopic (exact) mass is 429 g/mol. The summed E-state index contributed by atoms with van der Waals surface area (Å²) in [7, 11) is 0. The van der Waals surface area contributed by atoms with E-state index in [9.17, 15) is 18.0 Å². The van der Waals surface area contributed by atoms with Crippen molar-refractivity contribution >= 4 is 23.2 Å². The van der Waals surface area contributed by atoms with Gasteiger partial charge < -0.3 is 5.32 Å². The Hall–Kier alpha value is -4.06. The second kappa shape index (κ2) is 7.65. The van der Waals surface area contributed by atoms with Crippen LogP contribution in [-0.2, 0) is 6.18 Å². The minimum Gasteiger partial charge on any atom is -0.324 e. The van der Waals surface area contributed by atoms with Gasteiger partial charge in [-0.1, -0.05) is 0 Å². The molecule has 3 heterocycles. The SMILES string of the molecule is Cc1nc2cc(C(F)(F)F)ncn2c1-c1ccnc(Nc2ccc(C(=O)NO)cc2)n1. The first-order valence-corrected chi connectivity index (χ1v) is 8.83. The van der Waals surface area contributed by atoms with Crippen molar-refractivity contribution in [2.24, 2.45) is 0 Å². The largest absolute Gasteiger partial charge is 0.433 e. The minimum atomic E-state index is -4.57. The number of fused-ring (bicyclic) bond motifs is 1. The molecule has 1 aromatic carbocycles. The van der Waals surface area contributed by atoms with Crippen LogP contribution >= 0.6 is 0 Å². The molecule has 0 aliphatic carbocycles. The van der Waals surface area contributed by atoms with Gasteiger partial charge in [0.15, 0.2) is 0 Å². The van der Waals surface area contributed by atoms with Crippen molar-refractivity contribution < 1.29 is 23.2 Å². The van der Waals surface area contributed by atoms with E-state index < -0.39 is 17.8 Å². The van der Waals surface area contributed by atoms with E-state index in [4.69, 9.17) is 5.21 Å². The van der Waals surface area contributed by atoms with Crippen LogP contribution in [0.3, 0.4) is 0 Å². The van der Waals surface area contributed by atoms with Crippen molar-refractivity contribution in [2.45, 2.75) is 13.1 Å². The number of benzene rings is 1. The summed E-state index contributed by atoms with van der Waals surface area (Å²) in [4.78, 5) is 27.6. The van der Waals surface area contributed by atoms with Gasteiger partial charge in [0.1, 0.15) is 17.7 Å². The fraction of sp³-hybridized carbons (Fsp3) is 0.105. The average molecular weight is 429 g/mol. The molecule has 3 N–H and O–H groups in total. The molecule has 12 heteroatoms. The molecule has 3 aromatic heterocycles. The van der Waals surface area contributed by atoms with Crippen LogP contribution < -0.4 is 10.8 Å². The number of hydrogen-bond donors (Lipinski definition) is 3. The first-order valence-electron chi connectivity index (χ1n) is 8.83. The Balaban J connectivity index is 1.66. The van der Waals surface area contributed by atoms with E-state index in [1.165, 1.54) is 22.7 Å². The number of anilines is 2. The molecule has 0 atom stereocenters. The maximum absolute atomic E-state index is 12.9. The van der Waals surface area contributed by atoms with Crippen molar-refractivity contribution in [3.63, 3.8) is 0 Å². The number of nitrogens with zero attached hydrogens (tertiary/aromatic N) is 5. The van der Waals surface area contributed by atoms with Crippen LogP contribution in [0.2, 0.25) is 0 Å². The third kappa shape index (κ3) is 4.00. The lowest BCUT2D eigenvalue weighted by Crippen LogP contribution is -2.18. The van der Waals surface area contributed by atoms with E-state index in [1.54, 1.807) is 30.6 Å². The maximum atomic E-state index is 12.9. The molecule has 0 aliphatic rings. The molecule has 31 heavy (non-hydrogen) atoms. The number of nitrogens with one attached hydrogen (secondary N) is 2. The summed E-state index contributed by atoms with van der Waals surface area (Å²) in [6, 6.07) is 8.67. The van der Waals surface area contributed by atoms with Crippen LogP contribution in [0.25, 0.3) is 17.0 Å². The molecular weight excluding hydrogens is 415 g/mol. The van der Waals surface area contributed by atoms with Crippen molar-refractivity contribution in [1.29, 1.82) is 0 Å². The molecule has 0 radical (unpaired) electrons. The molecule has 4 aromatic rings. The number of halogens is 3. The van der Waals surface area contributed by atoms with Gasteiger partial charge in [0.05, 0.1) is 17.1 Å². The Kier molecular flexibility index (Phi) is 4.99. The Bertz CT molecular complexity index is 1270. The van der Waals surface area contributed by atoms with Crippen molar-refractivity contribution in [2.75, 3.05) is 5.32 Å². The average Bonchev–Trinajstić information content (AvgIpc) is 3.08. The number of carbonyl (C=O) groups excluding carboxylic acids is 1. The van der Waals surface area contributed by atoms with Crippen molar-refractivity contribution in [3.8, 4) is 11.4 Å². The van der Waals surface area contributed by atoms with Crippen LogP contribution in [0.1, 0.15) is 21.7 Å². The van der Waals surface area contributed by atoms with Gasteiger partial charge in [0, 0.05) is 23.5 Å². The van der Waals surface area contributed by atoms with E-state index in [-0.39, 0.29) is 17.2 Å². The molecule has 1 amide bonds. The number of hydroxylamine groups is 1. The van der Waals surface area contributed by atoms with Crippen molar-refractivity contribution in [1.82, 2.24) is 29.8 Å². The van der Waals surface area contributed by atoms with E-state index in [0.717, 1.165) is 12.4 Å². The van der Waals surface area contributed by atoms with Gasteiger partial charge in [-0.3, -0.25) is 14.4 Å². The van der Waals surface area contributed by atoms with Gasteiger partial charge in [0.25, 0.3) is 5.91 Å². The van der Waals surface area contributed by atoms with Crippen LogP contribution in [-0.4, -0.2) is 35.5 Å². The lowest BCUT2D eigenvalue weighted by Gasteiger charge is -2.08. The first-order chi connectivity index (χ1) is 14.8. The number of alkyl halides is 3. The number of aryl methyl sites for hydroxylation is 1. The number of imidazole rings is 1. The molecule has 4 rings (SSSR count). The van der Waals surface area contributed by atoms with E-state index >= 15 is 0 Å². The fourth-order valence-corrected chi connectivity index (χ4v) is 2.98. The molecule has 0 aliphatic heterocycles. The summed E-state index contributed by atoms with van der Waals surface area (Å²) in [5, 5.41) is 11.6. The molecule has 0 saturated carbocycles. The van der Waals surface area contributed by atoms with Gasteiger partial charge in [0.2, 0.25) is 5.95 Å². The van der Waals surface area contributed by atoms with Crippen LogP contribution in [0.5, 0.6) is 0 Å². The second-order valence-electron chi connectivity index (χ2n) is 6.45. The number of amides is 1. The Morgan fingerprint density at radius 1 is 1.10 bits per heavy atom. The number of carbonyl (C=O) groups is 1. The zero-order valence-electron chi connectivity index (χ0n) is 15.8. The first kappa shape index (κ1) is 20.2. The maximum Gasteiger partial charge on any atom is 0.433 e. The topological polar surface area (TPSA) is 117 Å². The minimum absolute atomic E-state index is 0.0979. The highest BCUT2D eigenvalue weighted by atomic mass is 19.4. The Labute approximate surface area is 172 Å². The number of aromatic nitrogens is 5. The normalized spacial score (nSPS) is 11.5. The summed E-state index contributed by atoms with van der Waals surface area (Å²) in [6.07, 6.45) is -2.01. The summed E-state index contributed by atoms with van der Waals surface area (Å²) in [6.45, 7) is 1.66. The lowest BCUT2D eigenvalue weighted by atomic mass is 10.2. The highest BCUT2D eigenvalue weighted by Gasteiger charge is 2.33. The van der Waals surface area contributed by atoms with E-state index in [2.05, 4.69) is 25.3 Å². The van der Waals surface area contributed by atoms with Crippen LogP contribution in [0.15, 0.2) is 48.9 Å². The molecule has 9 nitrogen and oxygen atoms in total. The van der Waals surface area contributed by atoms with Gasteiger partial charge in [-0.2, -0.15) is 13.2 Å². The zero-order chi connectivity index (χ0) is 22.2. The molecule has 0 spiro atoms. The van der Waals surface area contributed by atoms with Crippen LogP contribution in [0, 0.1) is 6.92 Å². The summed E-state index contributed by atoms with van der Waals surface area (Å²) >= 11 is 0. The van der Waals surface area contributed by atoms with Gasteiger partial charge in [-0.05, 0) is 37.3 Å². The third-order valence-electron chi connectivity index (χ3n) is 4.38. The predicted molar refractivity (Wildman–Crippen MR) is 103 cm³/mol. The summed E-state index contributed by atoms with van der Waals surface area (Å²) < 4.78 is 40.2. The van der Waals surface area contributed by atoms with Crippen molar-refractivity contribution in [3.05, 3.63) is 65.9 Å². The number of hydrogen-bond acceptors (Lipinski definition) is 7.